The van der Waals surface area contributed by atoms with Gasteiger partial charge in [-0.1, -0.05) is 6.92 Å². The summed E-state index contributed by atoms with van der Waals surface area (Å²) in [6.07, 6.45) is 0. The second-order valence-corrected chi connectivity index (χ2v) is 3.06. The molecule has 0 heterocycles. The van der Waals surface area contributed by atoms with E-state index in [1.54, 1.807) is 0 Å². The van der Waals surface area contributed by atoms with Crippen molar-refractivity contribution in [1.82, 2.24) is 0 Å². The zero-order valence-corrected chi connectivity index (χ0v) is 9.39. The summed E-state index contributed by atoms with van der Waals surface area (Å²) in [4.78, 5) is 0. The van der Waals surface area contributed by atoms with Crippen LogP contribution in [0, 0.1) is 19.1 Å². The van der Waals surface area contributed by atoms with Crippen molar-refractivity contribution in [2.45, 2.75) is 6.92 Å². The quantitative estimate of drug-likeness (QED) is 0.643. The van der Waals surface area contributed by atoms with Crippen LogP contribution in [0.5, 0.6) is 0 Å². The fourth-order valence-corrected chi connectivity index (χ4v) is 1.23. The van der Waals surface area contributed by atoms with Gasteiger partial charge in [0.15, 0.2) is 0 Å². The molecular formula is C13H10V. The molecule has 0 aliphatic carbocycles. The molecule has 2 aromatic rings. The van der Waals surface area contributed by atoms with Crippen molar-refractivity contribution in [3.05, 3.63) is 60.2 Å². The van der Waals surface area contributed by atoms with Crippen LogP contribution >= 0.6 is 0 Å². The van der Waals surface area contributed by atoms with Gasteiger partial charge in [-0.25, -0.2) is 11.1 Å². The molecule has 0 saturated carbocycles. The van der Waals surface area contributed by atoms with Crippen molar-refractivity contribution in [2.75, 3.05) is 0 Å². The Hall–Kier alpha value is -0.976. The van der Waals surface area contributed by atoms with Crippen LogP contribution in [-0.4, -0.2) is 0 Å². The van der Waals surface area contributed by atoms with Crippen LogP contribution in [0.2, 0.25) is 0 Å². The predicted molar refractivity (Wildman–Crippen MR) is 54.3 cm³/mol. The van der Waals surface area contributed by atoms with Crippen molar-refractivity contribution in [3.8, 4) is 11.1 Å². The van der Waals surface area contributed by atoms with Crippen LogP contribution in [0.1, 0.15) is 5.56 Å². The average Bonchev–Trinajstić information content (AvgIpc) is 2.20. The van der Waals surface area contributed by atoms with E-state index in [-0.39, 0.29) is 18.6 Å². The van der Waals surface area contributed by atoms with Crippen molar-refractivity contribution in [2.24, 2.45) is 0 Å². The monoisotopic (exact) mass is 217 g/mol. The van der Waals surface area contributed by atoms with E-state index in [9.17, 15) is 0 Å². The van der Waals surface area contributed by atoms with E-state index >= 15 is 0 Å². The van der Waals surface area contributed by atoms with Crippen molar-refractivity contribution in [3.63, 3.8) is 0 Å². The second-order valence-electron chi connectivity index (χ2n) is 3.06. The number of hydrogen-bond donors (Lipinski definition) is 0. The van der Waals surface area contributed by atoms with E-state index in [4.69, 9.17) is 0 Å². The zero-order chi connectivity index (χ0) is 9.10. The minimum Gasteiger partial charge on any atom is -0.226 e. The molecule has 0 amide bonds. The van der Waals surface area contributed by atoms with E-state index < -0.39 is 0 Å². The Labute approximate surface area is 96.9 Å². The largest absolute Gasteiger partial charge is 2.00 e. The van der Waals surface area contributed by atoms with Gasteiger partial charge < -0.3 is 0 Å². The van der Waals surface area contributed by atoms with Gasteiger partial charge in [0.1, 0.15) is 0 Å². The molecule has 67 valence electrons. The molecule has 0 unspecified atom stereocenters. The summed E-state index contributed by atoms with van der Waals surface area (Å²) >= 11 is 0. The topological polar surface area (TPSA) is 0 Å². The number of aryl methyl sites for hydroxylation is 1. The number of hydrogen-bond acceptors (Lipinski definition) is 0. The average molecular weight is 217 g/mol. The molecule has 1 heteroatoms. The summed E-state index contributed by atoms with van der Waals surface area (Å²) in [5.74, 6) is 0. The van der Waals surface area contributed by atoms with Crippen LogP contribution < -0.4 is 0 Å². The third kappa shape index (κ3) is 2.51. The molecule has 2 aromatic carbocycles. The molecule has 0 aliphatic heterocycles. The SMILES string of the molecule is Cc1c[c-]c(-c2[c-]cccc2)cc1.[V+2]. The van der Waals surface area contributed by atoms with E-state index in [2.05, 4.69) is 31.2 Å². The first kappa shape index (κ1) is 11.1. The molecule has 0 fully saturated rings. The first-order valence-electron chi connectivity index (χ1n) is 4.32. The maximum Gasteiger partial charge on any atom is 2.00 e. The molecule has 1 radical (unpaired) electrons. The minimum atomic E-state index is 0. The first-order chi connectivity index (χ1) is 6.36. The Bertz CT molecular complexity index is 376. The van der Waals surface area contributed by atoms with Gasteiger partial charge in [-0.15, -0.1) is 11.6 Å². The van der Waals surface area contributed by atoms with Gasteiger partial charge in [0.25, 0.3) is 0 Å². The summed E-state index contributed by atoms with van der Waals surface area (Å²) in [6, 6.07) is 20.5. The maximum absolute atomic E-state index is 3.22. The molecule has 0 nitrogen and oxygen atoms in total. The van der Waals surface area contributed by atoms with Crippen LogP contribution in [0.4, 0.5) is 0 Å². The van der Waals surface area contributed by atoms with Crippen LogP contribution in [0.15, 0.2) is 42.5 Å². The Morgan fingerprint density at radius 2 is 1.71 bits per heavy atom. The normalized spacial score (nSPS) is 9.21. The van der Waals surface area contributed by atoms with Crippen LogP contribution in [0.3, 0.4) is 0 Å². The van der Waals surface area contributed by atoms with Gasteiger partial charge in [-0.2, -0.15) is 48.5 Å². The standard InChI is InChI=1S/C13H10.V/c1-11-7-9-13(10-8-11)12-5-3-2-4-6-12;/h2-5,7-9H,1H3;/q-2;+2. The van der Waals surface area contributed by atoms with Gasteiger partial charge in [0.05, 0.1) is 0 Å². The van der Waals surface area contributed by atoms with Crippen molar-refractivity contribution >= 4 is 0 Å². The second kappa shape index (κ2) is 5.04. The van der Waals surface area contributed by atoms with Gasteiger partial charge in [-0.05, 0) is 0 Å². The van der Waals surface area contributed by atoms with Crippen LogP contribution in [0.25, 0.3) is 11.1 Å². The molecule has 0 saturated heterocycles. The fraction of sp³-hybridized carbons (Fsp3) is 0.0769. The smallest absolute Gasteiger partial charge is 0.226 e. The minimum absolute atomic E-state index is 0. The molecular weight excluding hydrogens is 207 g/mol. The van der Waals surface area contributed by atoms with Crippen molar-refractivity contribution < 1.29 is 18.6 Å². The number of rotatable bonds is 1. The van der Waals surface area contributed by atoms with E-state index in [1.165, 1.54) is 5.56 Å². The molecule has 2 rings (SSSR count). The Morgan fingerprint density at radius 3 is 2.29 bits per heavy atom. The fourth-order valence-electron chi connectivity index (χ4n) is 1.23. The Balaban J connectivity index is 0.000000980. The van der Waals surface area contributed by atoms with Gasteiger partial charge in [-0.3, -0.25) is 0 Å². The summed E-state index contributed by atoms with van der Waals surface area (Å²) in [6.45, 7) is 2.06. The molecule has 14 heavy (non-hydrogen) atoms. The van der Waals surface area contributed by atoms with Crippen LogP contribution in [-0.2, 0) is 18.6 Å². The van der Waals surface area contributed by atoms with E-state index in [1.807, 2.05) is 30.3 Å². The van der Waals surface area contributed by atoms with Gasteiger partial charge >= 0.3 is 18.6 Å². The molecule has 0 N–H and O–H groups in total. The number of benzene rings is 2. The molecule has 0 spiro atoms. The molecule has 0 aromatic heterocycles. The maximum atomic E-state index is 3.22. The zero-order valence-electron chi connectivity index (χ0n) is 7.99. The third-order valence-corrected chi connectivity index (χ3v) is 1.97. The van der Waals surface area contributed by atoms with E-state index in [0.717, 1.165) is 11.1 Å². The third-order valence-electron chi connectivity index (χ3n) is 1.97. The van der Waals surface area contributed by atoms with E-state index in [0.29, 0.717) is 0 Å². The molecule has 0 aliphatic rings. The summed E-state index contributed by atoms with van der Waals surface area (Å²) in [7, 11) is 0. The Morgan fingerprint density at radius 1 is 0.929 bits per heavy atom. The predicted octanol–water partition coefficient (Wildman–Crippen LogP) is 3.26. The summed E-state index contributed by atoms with van der Waals surface area (Å²) < 4.78 is 0. The Kier molecular flexibility index (Phi) is 4.00. The summed E-state index contributed by atoms with van der Waals surface area (Å²) in [5.41, 5.74) is 3.44. The molecule has 0 bridgehead atoms. The summed E-state index contributed by atoms with van der Waals surface area (Å²) in [5, 5.41) is 0. The van der Waals surface area contributed by atoms with Gasteiger partial charge in [0.2, 0.25) is 0 Å². The first-order valence-corrected chi connectivity index (χ1v) is 4.32. The molecule has 0 atom stereocenters. The van der Waals surface area contributed by atoms with Crippen molar-refractivity contribution in [1.29, 1.82) is 0 Å². The van der Waals surface area contributed by atoms with Gasteiger partial charge in [0, 0.05) is 0 Å².